The van der Waals surface area contributed by atoms with Crippen molar-refractivity contribution in [2.75, 3.05) is 17.7 Å². The molecule has 3 atom stereocenters. The quantitative estimate of drug-likeness (QED) is 0.492. The summed E-state index contributed by atoms with van der Waals surface area (Å²) >= 11 is 0. The molecule has 4 N–H and O–H groups in total. The van der Waals surface area contributed by atoms with Crippen LogP contribution in [-0.2, 0) is 4.79 Å². The fraction of sp³-hybridized carbons (Fsp3) is 0.261. The molecule has 1 aliphatic rings. The molecule has 0 bridgehead atoms. The normalized spacial score (nSPS) is 20.3. The maximum Gasteiger partial charge on any atom is 0.324 e. The van der Waals surface area contributed by atoms with Gasteiger partial charge in [-0.05, 0) is 31.2 Å². The number of carbonyl (C=O) groups excluding carboxylic acids is 2. The first-order valence-corrected chi connectivity index (χ1v) is 10.4. The molecule has 3 aromatic rings. The van der Waals surface area contributed by atoms with Gasteiger partial charge in [0, 0.05) is 23.4 Å². The molecule has 4 rings (SSSR count). The third-order valence-corrected chi connectivity index (χ3v) is 5.50. The van der Waals surface area contributed by atoms with E-state index in [1.165, 1.54) is 0 Å². The van der Waals surface area contributed by atoms with Crippen molar-refractivity contribution < 1.29 is 14.3 Å². The van der Waals surface area contributed by atoms with Crippen LogP contribution in [0, 0.1) is 5.92 Å². The highest BCUT2D eigenvalue weighted by Gasteiger charge is 2.32. The first-order chi connectivity index (χ1) is 15.4. The smallest absolute Gasteiger partial charge is 0.324 e. The number of methoxy groups -OCH3 is 1. The number of hydrogen-bond acceptors (Lipinski definition) is 5. The number of nitrogens with one attached hydrogen (secondary N) is 4. The molecular weight excluding hydrogens is 408 g/mol. The highest BCUT2D eigenvalue weighted by atomic mass is 16.5. The second-order valence-corrected chi connectivity index (χ2v) is 7.69. The minimum Gasteiger partial charge on any atom is -0.497 e. The topological polar surface area (TPSA) is 109 Å². The summed E-state index contributed by atoms with van der Waals surface area (Å²) in [5.41, 5.74) is 2.19. The van der Waals surface area contributed by atoms with E-state index in [9.17, 15) is 9.59 Å². The van der Waals surface area contributed by atoms with E-state index in [1.54, 1.807) is 42.1 Å². The lowest BCUT2D eigenvalue weighted by atomic mass is 10.0. The van der Waals surface area contributed by atoms with Gasteiger partial charge in [-0.1, -0.05) is 37.3 Å². The summed E-state index contributed by atoms with van der Waals surface area (Å²) in [6, 6.07) is 17.9. The van der Waals surface area contributed by atoms with Crippen molar-refractivity contribution in [3.05, 3.63) is 60.7 Å². The number of carbonyl (C=O) groups is 2. The first-order valence-electron chi connectivity index (χ1n) is 10.4. The van der Waals surface area contributed by atoms with Crippen LogP contribution in [-0.4, -0.2) is 34.9 Å². The van der Waals surface area contributed by atoms with Gasteiger partial charge in [-0.2, -0.15) is 5.10 Å². The lowest BCUT2D eigenvalue weighted by Crippen LogP contribution is -2.57. The van der Waals surface area contributed by atoms with Crippen molar-refractivity contribution in [1.82, 2.24) is 20.4 Å². The number of ether oxygens (including phenoxy) is 1. The Morgan fingerprint density at radius 2 is 1.78 bits per heavy atom. The van der Waals surface area contributed by atoms with E-state index in [4.69, 9.17) is 4.74 Å². The van der Waals surface area contributed by atoms with Crippen LogP contribution in [0.25, 0.3) is 11.3 Å². The summed E-state index contributed by atoms with van der Waals surface area (Å²) in [5, 5.41) is 16.6. The summed E-state index contributed by atoms with van der Waals surface area (Å²) in [6.45, 7) is 3.81. The summed E-state index contributed by atoms with van der Waals surface area (Å²) < 4.78 is 6.72. The van der Waals surface area contributed by atoms with Crippen LogP contribution >= 0.6 is 0 Å². The Balaban J connectivity index is 1.59. The minimum atomic E-state index is -0.595. The summed E-state index contributed by atoms with van der Waals surface area (Å²) in [7, 11) is 1.58. The Bertz CT molecular complexity index is 1100. The van der Waals surface area contributed by atoms with Gasteiger partial charge in [0.25, 0.3) is 0 Å². The van der Waals surface area contributed by atoms with E-state index >= 15 is 0 Å². The zero-order valence-corrected chi connectivity index (χ0v) is 18.1. The molecule has 1 aromatic heterocycles. The number of nitrogens with zero attached hydrogens (tertiary/aromatic N) is 2. The van der Waals surface area contributed by atoms with E-state index in [1.807, 2.05) is 44.2 Å². The Hall–Kier alpha value is -3.85. The van der Waals surface area contributed by atoms with Gasteiger partial charge in [0.2, 0.25) is 5.91 Å². The van der Waals surface area contributed by atoms with Gasteiger partial charge in [0.1, 0.15) is 11.6 Å². The van der Waals surface area contributed by atoms with Gasteiger partial charge in [-0.3, -0.25) is 15.4 Å². The summed E-state index contributed by atoms with van der Waals surface area (Å²) in [5.74, 6) is 0.884. The largest absolute Gasteiger partial charge is 0.497 e. The molecule has 32 heavy (non-hydrogen) atoms. The highest BCUT2D eigenvalue weighted by Crippen LogP contribution is 2.25. The van der Waals surface area contributed by atoms with Crippen LogP contribution in [0.15, 0.2) is 60.7 Å². The second kappa shape index (κ2) is 9.11. The van der Waals surface area contributed by atoms with Gasteiger partial charge < -0.3 is 15.4 Å². The van der Waals surface area contributed by atoms with E-state index in [0.717, 1.165) is 5.56 Å². The molecule has 2 aromatic carbocycles. The molecule has 3 amide bonds. The zero-order chi connectivity index (χ0) is 22.7. The predicted octanol–water partition coefficient (Wildman–Crippen LogP) is 3.40. The average Bonchev–Trinajstić information content (AvgIpc) is 3.22. The summed E-state index contributed by atoms with van der Waals surface area (Å²) in [6.07, 6.45) is -0.595. The number of amides is 3. The molecule has 2 heterocycles. The monoisotopic (exact) mass is 434 g/mol. The molecule has 0 spiro atoms. The molecule has 1 aliphatic heterocycles. The van der Waals surface area contributed by atoms with E-state index in [-0.39, 0.29) is 17.9 Å². The van der Waals surface area contributed by atoms with Crippen LogP contribution in [0.5, 0.6) is 5.75 Å². The standard InChI is InChI=1S/C23H26N6O3/c1-14-15(2)24-22(27-21(14)30)29-20(13-19(28-29)16-7-5-4-6-8-16)26-23(31)25-17-9-11-18(32-3)12-10-17/h4-15,22,24H,1-3H3,(H,27,30)(H2,25,26,31). The van der Waals surface area contributed by atoms with E-state index in [0.29, 0.717) is 22.9 Å². The van der Waals surface area contributed by atoms with E-state index in [2.05, 4.69) is 26.4 Å². The maximum atomic E-state index is 12.7. The molecule has 1 fully saturated rings. The van der Waals surface area contributed by atoms with Crippen LogP contribution in [0.3, 0.4) is 0 Å². The van der Waals surface area contributed by atoms with Crippen molar-refractivity contribution in [3.8, 4) is 17.0 Å². The number of anilines is 2. The van der Waals surface area contributed by atoms with Crippen LogP contribution < -0.4 is 26.0 Å². The second-order valence-electron chi connectivity index (χ2n) is 7.69. The van der Waals surface area contributed by atoms with Crippen molar-refractivity contribution in [2.45, 2.75) is 26.2 Å². The van der Waals surface area contributed by atoms with Crippen LogP contribution in [0.2, 0.25) is 0 Å². The van der Waals surface area contributed by atoms with Crippen molar-refractivity contribution >= 4 is 23.4 Å². The maximum absolute atomic E-state index is 12.7. The Kier molecular flexibility index (Phi) is 6.09. The molecular formula is C23H26N6O3. The number of hydrogen-bond donors (Lipinski definition) is 4. The minimum absolute atomic E-state index is 0.0564. The van der Waals surface area contributed by atoms with Gasteiger partial charge in [-0.15, -0.1) is 0 Å². The first kappa shape index (κ1) is 21.4. The zero-order valence-electron chi connectivity index (χ0n) is 18.1. The van der Waals surface area contributed by atoms with Gasteiger partial charge >= 0.3 is 6.03 Å². The molecule has 0 aliphatic carbocycles. The molecule has 166 valence electrons. The number of urea groups is 1. The third-order valence-electron chi connectivity index (χ3n) is 5.50. The number of rotatable bonds is 5. The van der Waals surface area contributed by atoms with Gasteiger partial charge in [-0.25, -0.2) is 9.48 Å². The fourth-order valence-corrected chi connectivity index (χ4v) is 3.45. The van der Waals surface area contributed by atoms with E-state index < -0.39 is 12.3 Å². The third kappa shape index (κ3) is 4.57. The highest BCUT2D eigenvalue weighted by molar-refractivity contribution is 5.99. The average molecular weight is 435 g/mol. The van der Waals surface area contributed by atoms with Crippen LogP contribution in [0.1, 0.15) is 20.1 Å². The summed E-state index contributed by atoms with van der Waals surface area (Å²) in [4.78, 5) is 25.1. The van der Waals surface area contributed by atoms with Gasteiger partial charge in [0.05, 0.1) is 18.7 Å². The lowest BCUT2D eigenvalue weighted by molar-refractivity contribution is -0.130. The molecule has 0 saturated carbocycles. The van der Waals surface area contributed by atoms with Crippen molar-refractivity contribution in [2.24, 2.45) is 5.92 Å². The van der Waals surface area contributed by atoms with Gasteiger partial charge in [0.15, 0.2) is 6.29 Å². The predicted molar refractivity (Wildman–Crippen MR) is 122 cm³/mol. The number of benzene rings is 2. The lowest BCUT2D eigenvalue weighted by Gasteiger charge is -2.34. The van der Waals surface area contributed by atoms with Crippen LogP contribution in [0.4, 0.5) is 16.3 Å². The Labute approximate surface area is 186 Å². The fourth-order valence-electron chi connectivity index (χ4n) is 3.45. The molecule has 9 heteroatoms. The SMILES string of the molecule is COc1ccc(NC(=O)Nc2cc(-c3ccccc3)nn2C2NC(=O)C(C)C(C)N2)cc1. The molecule has 0 radical (unpaired) electrons. The molecule has 3 unspecified atom stereocenters. The Morgan fingerprint density at radius 1 is 1.06 bits per heavy atom. The molecule has 1 saturated heterocycles. The van der Waals surface area contributed by atoms with Crippen molar-refractivity contribution in [1.29, 1.82) is 0 Å². The Morgan fingerprint density at radius 3 is 2.44 bits per heavy atom. The number of aromatic nitrogens is 2. The molecule has 9 nitrogen and oxygen atoms in total. The van der Waals surface area contributed by atoms with Crippen molar-refractivity contribution in [3.63, 3.8) is 0 Å².